The van der Waals surface area contributed by atoms with Crippen LogP contribution < -0.4 is 10.6 Å². The predicted octanol–water partition coefficient (Wildman–Crippen LogP) is 2.80. The fourth-order valence-corrected chi connectivity index (χ4v) is 2.19. The number of benzene rings is 1. The Bertz CT molecular complexity index is 500. The standard InChI is InChI=1S/C14H21N3O3/c1-9(2)8-10(3)16-14(18)11-6-5-7-12(15-4)13(11)17(19)20/h5-7,9-10,15H,8H2,1-4H3,(H,16,18). The van der Waals surface area contributed by atoms with Crippen molar-refractivity contribution in [2.24, 2.45) is 5.92 Å². The molecule has 6 heteroatoms. The smallest absolute Gasteiger partial charge is 0.305 e. The van der Waals surface area contributed by atoms with Gasteiger partial charge in [0.15, 0.2) is 0 Å². The van der Waals surface area contributed by atoms with Gasteiger partial charge in [-0.3, -0.25) is 14.9 Å². The molecule has 1 atom stereocenters. The molecule has 0 aromatic heterocycles. The fraction of sp³-hybridized carbons (Fsp3) is 0.500. The lowest BCUT2D eigenvalue weighted by Crippen LogP contribution is -2.33. The number of carbonyl (C=O) groups is 1. The average molecular weight is 279 g/mol. The number of nitrogens with zero attached hydrogens (tertiary/aromatic N) is 1. The Balaban J connectivity index is 3.01. The summed E-state index contributed by atoms with van der Waals surface area (Å²) in [6, 6.07) is 4.64. The van der Waals surface area contributed by atoms with Crippen molar-refractivity contribution in [2.45, 2.75) is 33.2 Å². The minimum absolute atomic E-state index is 0.0275. The molecular formula is C14H21N3O3. The van der Waals surface area contributed by atoms with Gasteiger partial charge < -0.3 is 10.6 Å². The van der Waals surface area contributed by atoms with Crippen LogP contribution >= 0.6 is 0 Å². The van der Waals surface area contributed by atoms with E-state index in [-0.39, 0.29) is 17.3 Å². The maximum atomic E-state index is 12.2. The second-order valence-corrected chi connectivity index (χ2v) is 5.21. The van der Waals surface area contributed by atoms with Gasteiger partial charge in [-0.2, -0.15) is 0 Å². The highest BCUT2D eigenvalue weighted by atomic mass is 16.6. The molecule has 1 aromatic rings. The van der Waals surface area contributed by atoms with Crippen molar-refractivity contribution in [1.29, 1.82) is 0 Å². The van der Waals surface area contributed by atoms with Gasteiger partial charge in [0.2, 0.25) is 0 Å². The molecule has 0 fully saturated rings. The molecule has 0 aliphatic carbocycles. The largest absolute Gasteiger partial charge is 0.383 e. The van der Waals surface area contributed by atoms with E-state index in [0.29, 0.717) is 11.6 Å². The molecule has 0 radical (unpaired) electrons. The Morgan fingerprint density at radius 1 is 1.35 bits per heavy atom. The van der Waals surface area contributed by atoms with E-state index in [0.717, 1.165) is 6.42 Å². The van der Waals surface area contributed by atoms with Crippen LogP contribution in [-0.2, 0) is 0 Å². The summed E-state index contributed by atoms with van der Waals surface area (Å²) in [5, 5.41) is 16.7. The molecule has 0 saturated carbocycles. The number of para-hydroxylation sites is 1. The molecule has 0 saturated heterocycles. The van der Waals surface area contributed by atoms with Gasteiger partial charge in [0.25, 0.3) is 5.91 Å². The maximum absolute atomic E-state index is 12.2. The molecule has 0 heterocycles. The van der Waals surface area contributed by atoms with Crippen molar-refractivity contribution < 1.29 is 9.72 Å². The van der Waals surface area contributed by atoms with Crippen LogP contribution in [0.5, 0.6) is 0 Å². The minimum Gasteiger partial charge on any atom is -0.383 e. The summed E-state index contributed by atoms with van der Waals surface area (Å²) < 4.78 is 0. The molecule has 0 spiro atoms. The van der Waals surface area contributed by atoms with Gasteiger partial charge in [-0.05, 0) is 31.4 Å². The molecule has 110 valence electrons. The third-order valence-electron chi connectivity index (χ3n) is 2.94. The zero-order chi connectivity index (χ0) is 15.3. The third-order valence-corrected chi connectivity index (χ3v) is 2.94. The Hall–Kier alpha value is -2.11. The lowest BCUT2D eigenvalue weighted by atomic mass is 10.0. The molecular weight excluding hydrogens is 258 g/mol. The predicted molar refractivity (Wildman–Crippen MR) is 79.0 cm³/mol. The first-order chi connectivity index (χ1) is 9.36. The summed E-state index contributed by atoms with van der Waals surface area (Å²) in [4.78, 5) is 22.8. The van der Waals surface area contributed by atoms with Crippen LogP contribution in [0.2, 0.25) is 0 Å². The number of nitrogens with one attached hydrogen (secondary N) is 2. The van der Waals surface area contributed by atoms with E-state index in [9.17, 15) is 14.9 Å². The summed E-state index contributed by atoms with van der Waals surface area (Å²) in [6.45, 7) is 6.02. The van der Waals surface area contributed by atoms with Gasteiger partial charge >= 0.3 is 5.69 Å². The van der Waals surface area contributed by atoms with Gasteiger partial charge in [-0.15, -0.1) is 0 Å². The first kappa shape index (κ1) is 15.9. The zero-order valence-corrected chi connectivity index (χ0v) is 12.3. The molecule has 6 nitrogen and oxygen atoms in total. The van der Waals surface area contributed by atoms with E-state index in [1.165, 1.54) is 6.07 Å². The van der Waals surface area contributed by atoms with Crippen LogP contribution in [0, 0.1) is 16.0 Å². The number of rotatable bonds is 6. The number of carbonyl (C=O) groups excluding carboxylic acids is 1. The van der Waals surface area contributed by atoms with Gasteiger partial charge in [0.05, 0.1) is 4.92 Å². The van der Waals surface area contributed by atoms with E-state index in [4.69, 9.17) is 0 Å². The van der Waals surface area contributed by atoms with Gasteiger partial charge in [0.1, 0.15) is 11.3 Å². The normalized spacial score (nSPS) is 12.1. The lowest BCUT2D eigenvalue weighted by Gasteiger charge is -2.16. The van der Waals surface area contributed by atoms with Gasteiger partial charge in [-0.25, -0.2) is 0 Å². The molecule has 20 heavy (non-hydrogen) atoms. The molecule has 1 unspecified atom stereocenters. The van der Waals surface area contributed by atoms with Gasteiger partial charge in [-0.1, -0.05) is 19.9 Å². The second-order valence-electron chi connectivity index (χ2n) is 5.21. The summed E-state index contributed by atoms with van der Waals surface area (Å²) in [5.41, 5.74) is 0.223. The number of hydrogen-bond donors (Lipinski definition) is 2. The number of hydrogen-bond acceptors (Lipinski definition) is 4. The topological polar surface area (TPSA) is 84.3 Å². The van der Waals surface area contributed by atoms with Crippen molar-refractivity contribution >= 4 is 17.3 Å². The Kier molecular flexibility index (Phi) is 5.49. The number of anilines is 1. The van der Waals surface area contributed by atoms with Crippen LogP contribution in [0.1, 0.15) is 37.6 Å². The van der Waals surface area contributed by atoms with E-state index in [1.54, 1.807) is 19.2 Å². The van der Waals surface area contributed by atoms with Crippen molar-refractivity contribution in [1.82, 2.24) is 5.32 Å². The Morgan fingerprint density at radius 3 is 2.50 bits per heavy atom. The van der Waals surface area contributed by atoms with Crippen LogP contribution in [0.15, 0.2) is 18.2 Å². The number of nitro benzene ring substituents is 1. The summed E-state index contributed by atoms with van der Waals surface area (Å²) in [5.74, 6) is 0.0332. The third kappa shape index (κ3) is 3.94. The van der Waals surface area contributed by atoms with Crippen LogP contribution in [0.4, 0.5) is 11.4 Å². The van der Waals surface area contributed by atoms with Crippen molar-refractivity contribution in [3.05, 3.63) is 33.9 Å². The molecule has 1 aromatic carbocycles. The quantitative estimate of drug-likeness (QED) is 0.619. The second kappa shape index (κ2) is 6.88. The van der Waals surface area contributed by atoms with Crippen molar-refractivity contribution in [3.8, 4) is 0 Å². The van der Waals surface area contributed by atoms with E-state index in [1.807, 2.05) is 6.92 Å². The summed E-state index contributed by atoms with van der Waals surface area (Å²) in [6.07, 6.45) is 0.825. The number of amides is 1. The van der Waals surface area contributed by atoms with E-state index in [2.05, 4.69) is 24.5 Å². The molecule has 0 aliphatic heterocycles. The molecule has 0 bridgehead atoms. The van der Waals surface area contributed by atoms with Crippen LogP contribution in [0.3, 0.4) is 0 Å². The van der Waals surface area contributed by atoms with E-state index >= 15 is 0 Å². The zero-order valence-electron chi connectivity index (χ0n) is 12.3. The highest BCUT2D eigenvalue weighted by Gasteiger charge is 2.24. The Labute approximate surface area is 118 Å². The highest BCUT2D eigenvalue weighted by Crippen LogP contribution is 2.28. The monoisotopic (exact) mass is 279 g/mol. The number of nitro groups is 1. The van der Waals surface area contributed by atoms with Gasteiger partial charge in [0, 0.05) is 13.1 Å². The highest BCUT2D eigenvalue weighted by molar-refractivity contribution is 6.00. The lowest BCUT2D eigenvalue weighted by molar-refractivity contribution is -0.384. The van der Waals surface area contributed by atoms with Crippen LogP contribution in [0.25, 0.3) is 0 Å². The fourth-order valence-electron chi connectivity index (χ4n) is 2.19. The first-order valence-electron chi connectivity index (χ1n) is 6.62. The molecule has 1 amide bonds. The van der Waals surface area contributed by atoms with Crippen molar-refractivity contribution in [2.75, 3.05) is 12.4 Å². The Morgan fingerprint density at radius 2 is 2.00 bits per heavy atom. The first-order valence-corrected chi connectivity index (χ1v) is 6.62. The SMILES string of the molecule is CNc1cccc(C(=O)NC(C)CC(C)C)c1[N+](=O)[O-]. The molecule has 0 aliphatic rings. The van der Waals surface area contributed by atoms with E-state index < -0.39 is 10.8 Å². The molecule has 2 N–H and O–H groups in total. The summed E-state index contributed by atoms with van der Waals surface area (Å²) >= 11 is 0. The van der Waals surface area contributed by atoms with Crippen LogP contribution in [-0.4, -0.2) is 23.9 Å². The maximum Gasteiger partial charge on any atom is 0.305 e. The molecule has 1 rings (SSSR count). The van der Waals surface area contributed by atoms with Crippen molar-refractivity contribution in [3.63, 3.8) is 0 Å². The average Bonchev–Trinajstić information content (AvgIpc) is 2.36. The summed E-state index contributed by atoms with van der Waals surface area (Å²) in [7, 11) is 1.59. The minimum atomic E-state index is -0.534.